The number of nitrogens with zero attached hydrogens (tertiary/aromatic N) is 1. The third kappa shape index (κ3) is 9.29. The molecule has 0 aliphatic heterocycles. The van der Waals surface area contributed by atoms with Gasteiger partial charge in [-0.05, 0) is 37.4 Å². The van der Waals surface area contributed by atoms with Crippen molar-refractivity contribution < 1.29 is 48.7 Å². The van der Waals surface area contributed by atoms with Gasteiger partial charge in [-0.3, -0.25) is 9.69 Å². The van der Waals surface area contributed by atoms with E-state index in [-0.39, 0.29) is 12.4 Å². The predicted molar refractivity (Wildman–Crippen MR) is 146 cm³/mol. The van der Waals surface area contributed by atoms with Gasteiger partial charge in [0.15, 0.2) is 17.3 Å². The number of methoxy groups -OCH3 is 3. The summed E-state index contributed by atoms with van der Waals surface area (Å²) in [4.78, 5) is 32.7. The van der Waals surface area contributed by atoms with Crippen molar-refractivity contribution in [3.63, 3.8) is 0 Å². The number of benzene rings is 3. The number of carbonyl (C=O) groups is 3. The summed E-state index contributed by atoms with van der Waals surface area (Å²) in [6.07, 6.45) is -0.707. The van der Waals surface area contributed by atoms with Crippen LogP contribution in [0.2, 0.25) is 0 Å². The van der Waals surface area contributed by atoms with Crippen molar-refractivity contribution in [2.45, 2.75) is 12.6 Å². The van der Waals surface area contributed by atoms with Crippen molar-refractivity contribution in [3.05, 3.63) is 83.4 Å². The summed E-state index contributed by atoms with van der Waals surface area (Å²) in [6.45, 7) is 1.05. The Hall–Kier alpha value is -4.61. The van der Waals surface area contributed by atoms with Crippen LogP contribution in [0.5, 0.6) is 23.0 Å². The predicted octanol–water partition coefficient (Wildman–Crippen LogP) is 2.97. The number of rotatable bonds is 12. The number of carbonyl (C=O) groups excluding carboxylic acids is 1. The first-order chi connectivity index (χ1) is 19.1. The van der Waals surface area contributed by atoms with Gasteiger partial charge < -0.3 is 34.3 Å². The first-order valence-electron chi connectivity index (χ1n) is 12.0. The highest BCUT2D eigenvalue weighted by Gasteiger charge is 2.18. The quantitative estimate of drug-likeness (QED) is 0.223. The molecule has 0 aromatic heterocycles. The summed E-state index contributed by atoms with van der Waals surface area (Å²) in [5.74, 6) is -1.37. The van der Waals surface area contributed by atoms with Crippen LogP contribution >= 0.6 is 0 Å². The minimum atomic E-state index is -1.82. The van der Waals surface area contributed by atoms with Crippen LogP contribution in [0.25, 0.3) is 0 Å². The summed E-state index contributed by atoms with van der Waals surface area (Å²) < 4.78 is 22.0. The molecule has 11 heteroatoms. The first kappa shape index (κ1) is 31.6. The van der Waals surface area contributed by atoms with E-state index in [9.17, 15) is 9.90 Å². The van der Waals surface area contributed by atoms with E-state index in [1.54, 1.807) is 57.7 Å². The Bertz CT molecular complexity index is 1250. The fourth-order valence-electron chi connectivity index (χ4n) is 3.71. The zero-order chi connectivity index (χ0) is 29.7. The van der Waals surface area contributed by atoms with Crippen LogP contribution in [0, 0.1) is 0 Å². The number of ether oxygens (including phenoxy) is 4. The molecule has 0 heterocycles. The van der Waals surface area contributed by atoms with E-state index >= 15 is 0 Å². The van der Waals surface area contributed by atoms with Gasteiger partial charge in [-0.2, -0.15) is 0 Å². The van der Waals surface area contributed by atoms with Gasteiger partial charge in [-0.25, -0.2) is 9.59 Å². The second-order valence-corrected chi connectivity index (χ2v) is 8.48. The van der Waals surface area contributed by atoms with E-state index in [1.165, 1.54) is 0 Å². The van der Waals surface area contributed by atoms with Crippen LogP contribution in [0.3, 0.4) is 0 Å². The normalized spacial score (nSPS) is 11.1. The van der Waals surface area contributed by atoms with Crippen molar-refractivity contribution in [2.24, 2.45) is 0 Å². The highest BCUT2D eigenvalue weighted by Crippen LogP contribution is 2.40. The zero-order valence-electron chi connectivity index (χ0n) is 22.7. The minimum Gasteiger partial charge on any atom is -0.493 e. The van der Waals surface area contributed by atoms with Gasteiger partial charge >= 0.3 is 11.9 Å². The maximum atomic E-state index is 12.5. The Morgan fingerprint density at radius 3 is 1.88 bits per heavy atom. The van der Waals surface area contributed by atoms with E-state index in [2.05, 4.69) is 0 Å². The number of aliphatic carboxylic acids is 2. The van der Waals surface area contributed by atoms with Crippen molar-refractivity contribution in [1.82, 2.24) is 4.90 Å². The maximum Gasteiger partial charge on any atom is 0.414 e. The number of ketones is 1. The van der Waals surface area contributed by atoms with Gasteiger partial charge in [0, 0.05) is 29.8 Å². The lowest BCUT2D eigenvalue weighted by atomic mass is 10.0. The van der Waals surface area contributed by atoms with Gasteiger partial charge in [-0.15, -0.1) is 0 Å². The topological polar surface area (TPSA) is 152 Å². The molecule has 1 atom stereocenters. The van der Waals surface area contributed by atoms with Gasteiger partial charge in [-0.1, -0.05) is 36.4 Å². The third-order valence-electron chi connectivity index (χ3n) is 5.53. The molecule has 214 valence electrons. The van der Waals surface area contributed by atoms with E-state index < -0.39 is 18.0 Å². The fraction of sp³-hybridized carbons (Fsp3) is 0.276. The Labute approximate surface area is 232 Å². The zero-order valence-corrected chi connectivity index (χ0v) is 22.7. The second kappa shape index (κ2) is 15.7. The van der Waals surface area contributed by atoms with Gasteiger partial charge in [0.2, 0.25) is 5.75 Å². The Balaban J connectivity index is 0.000000840. The van der Waals surface area contributed by atoms with Gasteiger partial charge in [0.25, 0.3) is 0 Å². The molecule has 0 amide bonds. The van der Waals surface area contributed by atoms with Crippen molar-refractivity contribution in [2.75, 3.05) is 41.5 Å². The molecular formula is C29H33NO10. The molecule has 3 rings (SSSR count). The smallest absolute Gasteiger partial charge is 0.414 e. The van der Waals surface area contributed by atoms with Crippen LogP contribution in [-0.2, 0) is 16.1 Å². The summed E-state index contributed by atoms with van der Waals surface area (Å²) in [6, 6.07) is 19.8. The average Bonchev–Trinajstić information content (AvgIpc) is 2.96. The molecule has 11 nitrogen and oxygen atoms in total. The van der Waals surface area contributed by atoms with Gasteiger partial charge in [0.05, 0.1) is 21.3 Å². The summed E-state index contributed by atoms with van der Waals surface area (Å²) in [5, 5.41) is 25.2. The molecule has 0 bridgehead atoms. The largest absolute Gasteiger partial charge is 0.493 e. The summed E-state index contributed by atoms with van der Waals surface area (Å²) in [5.41, 5.74) is 2.14. The molecular weight excluding hydrogens is 522 g/mol. The van der Waals surface area contributed by atoms with Crippen molar-refractivity contribution in [3.8, 4) is 23.0 Å². The Morgan fingerprint density at radius 2 is 1.35 bits per heavy atom. The molecule has 3 aromatic rings. The SMILES string of the molecule is COc1ccc(CN(C)CC(O)COc2ccc(C(=O)c3ccccc3)cc2)c(OC)c1OC.O=C(O)C(=O)O. The minimum absolute atomic E-state index is 0.0422. The lowest BCUT2D eigenvalue weighted by molar-refractivity contribution is -0.159. The van der Waals surface area contributed by atoms with E-state index in [0.717, 1.165) is 5.56 Å². The number of aliphatic hydroxyl groups excluding tert-OH is 1. The molecule has 0 saturated carbocycles. The molecule has 0 radical (unpaired) electrons. The van der Waals surface area contributed by atoms with Crippen molar-refractivity contribution >= 4 is 17.7 Å². The van der Waals surface area contributed by atoms with Crippen LogP contribution < -0.4 is 18.9 Å². The van der Waals surface area contributed by atoms with E-state index in [0.29, 0.717) is 47.2 Å². The molecule has 0 fully saturated rings. The van der Waals surface area contributed by atoms with Crippen LogP contribution in [0.15, 0.2) is 66.7 Å². The molecule has 1 unspecified atom stereocenters. The third-order valence-corrected chi connectivity index (χ3v) is 5.53. The first-order valence-corrected chi connectivity index (χ1v) is 12.0. The second-order valence-electron chi connectivity index (χ2n) is 8.48. The molecule has 3 aromatic carbocycles. The number of aliphatic hydroxyl groups is 1. The molecule has 40 heavy (non-hydrogen) atoms. The number of hydrogen-bond acceptors (Lipinski definition) is 9. The number of carboxylic acid groups (broad SMARTS) is 2. The lowest BCUT2D eigenvalue weighted by Gasteiger charge is -2.23. The molecule has 0 aliphatic rings. The molecule has 3 N–H and O–H groups in total. The van der Waals surface area contributed by atoms with Crippen LogP contribution in [0.1, 0.15) is 21.5 Å². The molecule has 0 spiro atoms. The Kier molecular flexibility index (Phi) is 12.4. The average molecular weight is 556 g/mol. The van der Waals surface area contributed by atoms with E-state index in [1.807, 2.05) is 42.3 Å². The van der Waals surface area contributed by atoms with Crippen LogP contribution in [0.4, 0.5) is 0 Å². The summed E-state index contributed by atoms with van der Waals surface area (Å²) >= 11 is 0. The fourth-order valence-corrected chi connectivity index (χ4v) is 3.71. The van der Waals surface area contributed by atoms with Gasteiger partial charge in [0.1, 0.15) is 18.5 Å². The van der Waals surface area contributed by atoms with Crippen LogP contribution in [-0.4, -0.2) is 85.6 Å². The Morgan fingerprint density at radius 1 is 0.775 bits per heavy atom. The number of hydrogen-bond donors (Lipinski definition) is 3. The maximum absolute atomic E-state index is 12.5. The number of carboxylic acids is 2. The highest BCUT2D eigenvalue weighted by molar-refractivity contribution is 6.27. The molecule has 0 saturated heterocycles. The van der Waals surface area contributed by atoms with E-state index in [4.69, 9.17) is 38.7 Å². The number of likely N-dealkylation sites (N-methyl/N-ethyl adjacent to an activating group) is 1. The monoisotopic (exact) mass is 555 g/mol. The molecule has 0 aliphatic carbocycles. The summed E-state index contributed by atoms with van der Waals surface area (Å²) in [7, 11) is 6.64. The van der Waals surface area contributed by atoms with Crippen molar-refractivity contribution in [1.29, 1.82) is 0 Å². The standard InChI is InChI=1S/C27H31NO6.C2H2O4/c1-28(16-21-12-15-24(31-2)27(33-4)26(21)32-3)17-22(29)18-34-23-13-10-20(11-14-23)25(30)19-8-6-5-7-9-19;3-1(4)2(5)6/h5-15,22,29H,16-18H2,1-4H3;(H,3,4)(H,5,6). The lowest BCUT2D eigenvalue weighted by Crippen LogP contribution is -2.32. The highest BCUT2D eigenvalue weighted by atomic mass is 16.5.